The van der Waals surface area contributed by atoms with Crippen LogP contribution in [0.15, 0.2) is 78.9 Å². The van der Waals surface area contributed by atoms with E-state index in [-0.39, 0.29) is 5.91 Å². The first-order chi connectivity index (χ1) is 11.3. The van der Waals surface area contributed by atoms with Gasteiger partial charge in [-0.25, -0.2) is 0 Å². The summed E-state index contributed by atoms with van der Waals surface area (Å²) in [6.45, 7) is 2.09. The van der Waals surface area contributed by atoms with Gasteiger partial charge in [0.1, 0.15) is 0 Å². The third-order valence-corrected chi connectivity index (χ3v) is 3.90. The van der Waals surface area contributed by atoms with Crippen LogP contribution in [0, 0.1) is 0 Å². The van der Waals surface area contributed by atoms with Crippen LogP contribution in [-0.4, -0.2) is 5.91 Å². The largest absolute Gasteiger partial charge is 0.322 e. The van der Waals surface area contributed by atoms with Gasteiger partial charge in [0, 0.05) is 11.3 Å². The van der Waals surface area contributed by atoms with Gasteiger partial charge in [-0.05, 0) is 35.2 Å². The molecular weight excluding hydrogens is 282 g/mol. The summed E-state index contributed by atoms with van der Waals surface area (Å²) in [6.07, 6.45) is 0.886. The van der Waals surface area contributed by atoms with Crippen LogP contribution in [0.4, 0.5) is 5.69 Å². The molecule has 0 aliphatic rings. The maximum atomic E-state index is 12.8. The Labute approximate surface area is 136 Å². The standard InChI is InChI=1S/C21H19NO/c1-2-16-10-6-9-15-20(16)22-21(23)19-14-8-7-13-18(19)17-11-4-3-5-12-17/h3-15H,2H2,1H3,(H,22,23). The van der Waals surface area contributed by atoms with Crippen molar-refractivity contribution >= 4 is 11.6 Å². The minimum Gasteiger partial charge on any atom is -0.322 e. The molecule has 3 aromatic carbocycles. The molecular formula is C21H19NO. The zero-order chi connectivity index (χ0) is 16.1. The van der Waals surface area contributed by atoms with Crippen LogP contribution >= 0.6 is 0 Å². The van der Waals surface area contributed by atoms with E-state index in [2.05, 4.69) is 12.2 Å². The van der Waals surface area contributed by atoms with Crippen molar-refractivity contribution in [2.75, 3.05) is 5.32 Å². The van der Waals surface area contributed by atoms with Crippen LogP contribution in [0.3, 0.4) is 0 Å². The van der Waals surface area contributed by atoms with E-state index in [1.807, 2.05) is 78.9 Å². The van der Waals surface area contributed by atoms with Crippen molar-refractivity contribution < 1.29 is 4.79 Å². The summed E-state index contributed by atoms with van der Waals surface area (Å²) in [6, 6.07) is 25.6. The maximum Gasteiger partial charge on any atom is 0.256 e. The van der Waals surface area contributed by atoms with Crippen molar-refractivity contribution in [2.24, 2.45) is 0 Å². The van der Waals surface area contributed by atoms with Gasteiger partial charge in [-0.15, -0.1) is 0 Å². The lowest BCUT2D eigenvalue weighted by atomic mass is 9.99. The Kier molecular flexibility index (Phi) is 4.53. The third kappa shape index (κ3) is 3.32. The van der Waals surface area contributed by atoms with Crippen molar-refractivity contribution in [3.05, 3.63) is 90.0 Å². The lowest BCUT2D eigenvalue weighted by Gasteiger charge is -2.12. The molecule has 0 atom stereocenters. The average molecular weight is 301 g/mol. The Morgan fingerprint density at radius 3 is 2.26 bits per heavy atom. The Hall–Kier alpha value is -2.87. The zero-order valence-electron chi connectivity index (χ0n) is 13.1. The molecule has 0 aromatic heterocycles. The smallest absolute Gasteiger partial charge is 0.256 e. The fourth-order valence-corrected chi connectivity index (χ4v) is 2.69. The molecule has 0 spiro atoms. The van der Waals surface area contributed by atoms with Crippen LogP contribution in [0.5, 0.6) is 0 Å². The molecule has 0 aliphatic carbocycles. The third-order valence-electron chi connectivity index (χ3n) is 3.90. The second-order valence-corrected chi connectivity index (χ2v) is 5.38. The van der Waals surface area contributed by atoms with E-state index in [4.69, 9.17) is 0 Å². The summed E-state index contributed by atoms with van der Waals surface area (Å²) in [5.74, 6) is -0.0784. The number of hydrogen-bond donors (Lipinski definition) is 1. The molecule has 0 bridgehead atoms. The first-order valence-corrected chi connectivity index (χ1v) is 7.83. The molecule has 3 rings (SSSR count). The molecule has 0 saturated carbocycles. The van der Waals surface area contributed by atoms with Gasteiger partial charge < -0.3 is 5.32 Å². The van der Waals surface area contributed by atoms with E-state index in [1.165, 1.54) is 0 Å². The minimum absolute atomic E-state index is 0.0784. The molecule has 114 valence electrons. The Morgan fingerprint density at radius 1 is 0.826 bits per heavy atom. The van der Waals surface area contributed by atoms with Gasteiger partial charge in [-0.1, -0.05) is 73.7 Å². The van der Waals surface area contributed by atoms with Gasteiger partial charge in [-0.2, -0.15) is 0 Å². The number of amides is 1. The van der Waals surface area contributed by atoms with Gasteiger partial charge in [0.2, 0.25) is 0 Å². The number of nitrogens with one attached hydrogen (secondary N) is 1. The SMILES string of the molecule is CCc1ccccc1NC(=O)c1ccccc1-c1ccccc1. The Morgan fingerprint density at radius 2 is 1.48 bits per heavy atom. The fourth-order valence-electron chi connectivity index (χ4n) is 2.69. The summed E-state index contributed by atoms with van der Waals surface area (Å²) < 4.78 is 0. The number of benzene rings is 3. The van der Waals surface area contributed by atoms with Crippen molar-refractivity contribution in [2.45, 2.75) is 13.3 Å². The van der Waals surface area contributed by atoms with Crippen LogP contribution in [0.2, 0.25) is 0 Å². The van der Waals surface area contributed by atoms with Gasteiger partial charge in [0.25, 0.3) is 5.91 Å². The van der Waals surface area contributed by atoms with Crippen molar-refractivity contribution in [1.82, 2.24) is 0 Å². The van der Waals surface area contributed by atoms with Crippen LogP contribution in [0.25, 0.3) is 11.1 Å². The molecule has 0 radical (unpaired) electrons. The molecule has 2 heteroatoms. The maximum absolute atomic E-state index is 12.8. The highest BCUT2D eigenvalue weighted by Gasteiger charge is 2.13. The number of carbonyl (C=O) groups excluding carboxylic acids is 1. The second kappa shape index (κ2) is 6.93. The average Bonchev–Trinajstić information content (AvgIpc) is 2.63. The van der Waals surface area contributed by atoms with Crippen molar-refractivity contribution in [3.63, 3.8) is 0 Å². The van der Waals surface area contributed by atoms with E-state index in [9.17, 15) is 4.79 Å². The molecule has 0 heterocycles. The topological polar surface area (TPSA) is 29.1 Å². The van der Waals surface area contributed by atoms with Gasteiger partial charge in [-0.3, -0.25) is 4.79 Å². The zero-order valence-corrected chi connectivity index (χ0v) is 13.1. The summed E-state index contributed by atoms with van der Waals surface area (Å²) in [5, 5.41) is 3.05. The van der Waals surface area contributed by atoms with E-state index in [1.54, 1.807) is 0 Å². The molecule has 23 heavy (non-hydrogen) atoms. The van der Waals surface area contributed by atoms with E-state index >= 15 is 0 Å². The minimum atomic E-state index is -0.0784. The van der Waals surface area contributed by atoms with Crippen LogP contribution in [-0.2, 0) is 6.42 Å². The highest BCUT2D eigenvalue weighted by Crippen LogP contribution is 2.25. The lowest BCUT2D eigenvalue weighted by molar-refractivity contribution is 0.102. The molecule has 2 nitrogen and oxygen atoms in total. The quantitative estimate of drug-likeness (QED) is 0.708. The highest BCUT2D eigenvalue weighted by molar-refractivity contribution is 6.09. The number of hydrogen-bond acceptors (Lipinski definition) is 1. The van der Waals surface area contributed by atoms with E-state index in [0.29, 0.717) is 5.56 Å². The Bertz CT molecular complexity index is 809. The molecule has 0 saturated heterocycles. The van der Waals surface area contributed by atoms with Gasteiger partial charge in [0.15, 0.2) is 0 Å². The summed E-state index contributed by atoms with van der Waals surface area (Å²) >= 11 is 0. The predicted octanol–water partition coefficient (Wildman–Crippen LogP) is 5.17. The lowest BCUT2D eigenvalue weighted by Crippen LogP contribution is -2.14. The number of aryl methyl sites for hydroxylation is 1. The van der Waals surface area contributed by atoms with Crippen LogP contribution < -0.4 is 5.32 Å². The number of para-hydroxylation sites is 1. The number of anilines is 1. The summed E-state index contributed by atoms with van der Waals surface area (Å²) in [5.41, 5.74) is 4.69. The summed E-state index contributed by atoms with van der Waals surface area (Å²) in [4.78, 5) is 12.8. The fraction of sp³-hybridized carbons (Fsp3) is 0.0952. The van der Waals surface area contributed by atoms with E-state index in [0.717, 1.165) is 28.8 Å². The van der Waals surface area contributed by atoms with Crippen LogP contribution in [0.1, 0.15) is 22.8 Å². The van der Waals surface area contributed by atoms with Gasteiger partial charge >= 0.3 is 0 Å². The van der Waals surface area contributed by atoms with E-state index < -0.39 is 0 Å². The first kappa shape index (κ1) is 15.0. The molecule has 1 amide bonds. The molecule has 0 aliphatic heterocycles. The highest BCUT2D eigenvalue weighted by atomic mass is 16.1. The van der Waals surface area contributed by atoms with Gasteiger partial charge in [0.05, 0.1) is 0 Å². The normalized spacial score (nSPS) is 10.3. The Balaban J connectivity index is 1.95. The molecule has 3 aromatic rings. The number of rotatable bonds is 4. The second-order valence-electron chi connectivity index (χ2n) is 5.38. The molecule has 1 N–H and O–H groups in total. The monoisotopic (exact) mass is 301 g/mol. The van der Waals surface area contributed by atoms with Crippen molar-refractivity contribution in [3.8, 4) is 11.1 Å². The predicted molar refractivity (Wildman–Crippen MR) is 95.7 cm³/mol. The first-order valence-electron chi connectivity index (χ1n) is 7.83. The molecule has 0 unspecified atom stereocenters. The molecule has 0 fully saturated rings. The summed E-state index contributed by atoms with van der Waals surface area (Å²) in [7, 11) is 0. The number of carbonyl (C=O) groups is 1. The van der Waals surface area contributed by atoms with Crippen molar-refractivity contribution in [1.29, 1.82) is 0 Å².